The number of hydrogen-bond donors (Lipinski definition) is 1. The van der Waals surface area contributed by atoms with E-state index >= 15 is 0 Å². The Balaban J connectivity index is 1.44. The number of aryl methyl sites for hydroxylation is 1. The first-order chi connectivity index (χ1) is 14.1. The van der Waals surface area contributed by atoms with E-state index < -0.39 is 0 Å². The maximum Gasteiger partial charge on any atom is 0.324 e. The number of anilines is 2. The Labute approximate surface area is 169 Å². The van der Waals surface area contributed by atoms with Crippen molar-refractivity contribution >= 4 is 17.6 Å². The number of nitrogens with one attached hydrogen (secondary N) is 1. The van der Waals surface area contributed by atoms with Crippen molar-refractivity contribution in [2.45, 2.75) is 19.8 Å². The SMILES string of the molecule is COc1ccc(-c2noc(N3CCCC(C(=O)Nc4ccccc4C)C3)n2)cc1. The third kappa shape index (κ3) is 4.23. The molecule has 1 atom stereocenters. The van der Waals surface area contributed by atoms with Crippen molar-refractivity contribution < 1.29 is 14.1 Å². The van der Waals surface area contributed by atoms with E-state index in [4.69, 9.17) is 9.26 Å². The van der Waals surface area contributed by atoms with Crippen LogP contribution in [-0.4, -0.2) is 36.2 Å². The maximum atomic E-state index is 12.8. The number of nitrogens with zero attached hydrogens (tertiary/aromatic N) is 3. The molecule has 0 spiro atoms. The van der Waals surface area contributed by atoms with Crippen molar-refractivity contribution in [2.75, 3.05) is 30.4 Å². The first kappa shape index (κ1) is 19.0. The monoisotopic (exact) mass is 392 g/mol. The van der Waals surface area contributed by atoms with Gasteiger partial charge in [-0.1, -0.05) is 23.4 Å². The van der Waals surface area contributed by atoms with Crippen LogP contribution in [0.4, 0.5) is 11.7 Å². The zero-order valence-electron chi connectivity index (χ0n) is 16.6. The number of para-hydroxylation sites is 1. The molecule has 7 nitrogen and oxygen atoms in total. The maximum absolute atomic E-state index is 12.8. The highest BCUT2D eigenvalue weighted by atomic mass is 16.5. The minimum Gasteiger partial charge on any atom is -0.497 e. The molecule has 0 bridgehead atoms. The Morgan fingerprint density at radius 2 is 2.00 bits per heavy atom. The molecule has 29 heavy (non-hydrogen) atoms. The number of hydrogen-bond acceptors (Lipinski definition) is 6. The van der Waals surface area contributed by atoms with Gasteiger partial charge in [0.15, 0.2) is 0 Å². The number of amides is 1. The van der Waals surface area contributed by atoms with Crippen LogP contribution in [0, 0.1) is 12.8 Å². The molecule has 1 N–H and O–H groups in total. The normalized spacial score (nSPS) is 16.5. The molecule has 1 amide bonds. The van der Waals surface area contributed by atoms with E-state index in [-0.39, 0.29) is 11.8 Å². The molecule has 1 aromatic heterocycles. The molecule has 1 unspecified atom stereocenters. The molecule has 1 fully saturated rings. The van der Waals surface area contributed by atoms with Crippen LogP contribution in [0.2, 0.25) is 0 Å². The number of carbonyl (C=O) groups excluding carboxylic acids is 1. The van der Waals surface area contributed by atoms with Crippen LogP contribution in [0.5, 0.6) is 5.75 Å². The van der Waals surface area contributed by atoms with Gasteiger partial charge in [-0.15, -0.1) is 0 Å². The molecule has 7 heteroatoms. The van der Waals surface area contributed by atoms with Gasteiger partial charge >= 0.3 is 6.01 Å². The quantitative estimate of drug-likeness (QED) is 0.709. The van der Waals surface area contributed by atoms with Crippen molar-refractivity contribution in [3.63, 3.8) is 0 Å². The van der Waals surface area contributed by atoms with Gasteiger partial charge in [-0.05, 0) is 55.7 Å². The Bertz CT molecular complexity index is 984. The molecule has 1 aliphatic rings. The summed E-state index contributed by atoms with van der Waals surface area (Å²) in [6.45, 7) is 3.34. The molecule has 1 aliphatic heterocycles. The van der Waals surface area contributed by atoms with Gasteiger partial charge in [0.25, 0.3) is 0 Å². The fourth-order valence-electron chi connectivity index (χ4n) is 3.51. The van der Waals surface area contributed by atoms with Gasteiger partial charge in [0, 0.05) is 24.3 Å². The van der Waals surface area contributed by atoms with Crippen molar-refractivity contribution in [3.8, 4) is 17.1 Å². The van der Waals surface area contributed by atoms with Gasteiger partial charge in [0.05, 0.1) is 13.0 Å². The van der Waals surface area contributed by atoms with Gasteiger partial charge in [-0.3, -0.25) is 4.79 Å². The van der Waals surface area contributed by atoms with Crippen LogP contribution in [0.15, 0.2) is 53.1 Å². The van der Waals surface area contributed by atoms with E-state index in [1.807, 2.05) is 60.4 Å². The Kier molecular flexibility index (Phi) is 5.46. The molecular weight excluding hydrogens is 368 g/mol. The first-order valence-corrected chi connectivity index (χ1v) is 9.73. The number of ether oxygens (including phenoxy) is 1. The molecule has 150 valence electrons. The fourth-order valence-corrected chi connectivity index (χ4v) is 3.51. The highest BCUT2D eigenvalue weighted by Crippen LogP contribution is 2.26. The third-order valence-corrected chi connectivity index (χ3v) is 5.23. The molecule has 0 radical (unpaired) electrons. The predicted molar refractivity (Wildman–Crippen MR) is 111 cm³/mol. The Hall–Kier alpha value is -3.35. The van der Waals surface area contributed by atoms with E-state index in [0.29, 0.717) is 18.4 Å². The van der Waals surface area contributed by atoms with Crippen LogP contribution >= 0.6 is 0 Å². The number of benzene rings is 2. The Morgan fingerprint density at radius 3 is 2.76 bits per heavy atom. The van der Waals surface area contributed by atoms with Crippen LogP contribution in [0.3, 0.4) is 0 Å². The van der Waals surface area contributed by atoms with Gasteiger partial charge in [0.1, 0.15) is 5.75 Å². The minimum absolute atomic E-state index is 0.0268. The highest BCUT2D eigenvalue weighted by molar-refractivity contribution is 5.93. The number of piperidine rings is 1. The van der Waals surface area contributed by atoms with E-state index in [1.165, 1.54) is 0 Å². The predicted octanol–water partition coefficient (Wildman–Crippen LogP) is 3.91. The second-order valence-corrected chi connectivity index (χ2v) is 7.22. The van der Waals surface area contributed by atoms with E-state index in [0.717, 1.165) is 42.0 Å². The Morgan fingerprint density at radius 1 is 1.21 bits per heavy atom. The van der Waals surface area contributed by atoms with E-state index in [2.05, 4.69) is 15.5 Å². The number of methoxy groups -OCH3 is 1. The largest absolute Gasteiger partial charge is 0.497 e. The molecule has 4 rings (SSSR count). The molecule has 0 saturated carbocycles. The highest BCUT2D eigenvalue weighted by Gasteiger charge is 2.29. The van der Waals surface area contributed by atoms with Crippen molar-refractivity contribution in [2.24, 2.45) is 5.92 Å². The smallest absolute Gasteiger partial charge is 0.324 e. The molecular formula is C22H24N4O3. The second-order valence-electron chi connectivity index (χ2n) is 7.22. The fraction of sp³-hybridized carbons (Fsp3) is 0.318. The third-order valence-electron chi connectivity index (χ3n) is 5.23. The average molecular weight is 392 g/mol. The van der Waals surface area contributed by atoms with Crippen molar-refractivity contribution in [1.29, 1.82) is 0 Å². The molecule has 0 aliphatic carbocycles. The van der Waals surface area contributed by atoms with Crippen LogP contribution < -0.4 is 15.0 Å². The van der Waals surface area contributed by atoms with Crippen molar-refractivity contribution in [3.05, 3.63) is 54.1 Å². The van der Waals surface area contributed by atoms with Crippen LogP contribution in [0.1, 0.15) is 18.4 Å². The lowest BCUT2D eigenvalue weighted by Crippen LogP contribution is -2.41. The molecule has 3 aromatic rings. The second kappa shape index (κ2) is 8.34. The van der Waals surface area contributed by atoms with Crippen LogP contribution in [-0.2, 0) is 4.79 Å². The topological polar surface area (TPSA) is 80.5 Å². The zero-order valence-corrected chi connectivity index (χ0v) is 16.6. The van der Waals surface area contributed by atoms with Crippen LogP contribution in [0.25, 0.3) is 11.4 Å². The summed E-state index contributed by atoms with van der Waals surface area (Å²) >= 11 is 0. The molecule has 2 aromatic carbocycles. The number of aromatic nitrogens is 2. The summed E-state index contributed by atoms with van der Waals surface area (Å²) in [6, 6.07) is 15.7. The lowest BCUT2D eigenvalue weighted by Gasteiger charge is -2.30. The van der Waals surface area contributed by atoms with Gasteiger partial charge in [-0.25, -0.2) is 0 Å². The summed E-state index contributed by atoms with van der Waals surface area (Å²) in [5.41, 5.74) is 2.76. The van der Waals surface area contributed by atoms with Gasteiger partial charge in [0.2, 0.25) is 11.7 Å². The number of rotatable bonds is 5. The minimum atomic E-state index is -0.125. The summed E-state index contributed by atoms with van der Waals surface area (Å²) in [6.07, 6.45) is 1.74. The lowest BCUT2D eigenvalue weighted by molar-refractivity contribution is -0.120. The summed E-state index contributed by atoms with van der Waals surface area (Å²) in [4.78, 5) is 19.3. The van der Waals surface area contributed by atoms with Gasteiger partial charge < -0.3 is 19.5 Å². The van der Waals surface area contributed by atoms with Gasteiger partial charge in [-0.2, -0.15) is 4.98 Å². The average Bonchev–Trinajstić information content (AvgIpc) is 3.26. The summed E-state index contributed by atoms with van der Waals surface area (Å²) in [5.74, 6) is 1.20. The molecule has 2 heterocycles. The van der Waals surface area contributed by atoms with E-state index in [1.54, 1.807) is 7.11 Å². The first-order valence-electron chi connectivity index (χ1n) is 9.73. The van der Waals surface area contributed by atoms with E-state index in [9.17, 15) is 4.79 Å². The number of carbonyl (C=O) groups is 1. The summed E-state index contributed by atoms with van der Waals surface area (Å²) in [5, 5.41) is 7.15. The summed E-state index contributed by atoms with van der Waals surface area (Å²) in [7, 11) is 1.63. The molecule has 1 saturated heterocycles. The lowest BCUT2D eigenvalue weighted by atomic mass is 9.97. The summed E-state index contributed by atoms with van der Waals surface area (Å²) < 4.78 is 10.7. The zero-order chi connectivity index (χ0) is 20.2. The standard InChI is InChI=1S/C22H24N4O3/c1-15-6-3-4-8-19(15)23-21(27)17-7-5-13-26(14-17)22-24-20(25-29-22)16-9-11-18(28-2)12-10-16/h3-4,6,8-12,17H,5,7,13-14H2,1-2H3,(H,23,27). The van der Waals surface area contributed by atoms with Crippen molar-refractivity contribution in [1.82, 2.24) is 10.1 Å².